The molecule has 0 bridgehead atoms. The lowest BCUT2D eigenvalue weighted by atomic mass is 9.98. The Morgan fingerprint density at radius 3 is 2.44 bits per heavy atom. The van der Waals surface area contributed by atoms with Crippen LogP contribution >= 0.6 is 0 Å². The highest BCUT2D eigenvalue weighted by molar-refractivity contribution is 5.34. The molecule has 2 nitrogen and oxygen atoms in total. The molecule has 82 valence electrons. The topological polar surface area (TPSA) is 47.6 Å². The summed E-state index contributed by atoms with van der Waals surface area (Å²) in [7, 11) is 0. The lowest BCUT2D eigenvalue weighted by Crippen LogP contribution is -1.96. The Bertz CT molecular complexity index is 441. The first-order valence-corrected chi connectivity index (χ1v) is 4.82. The van der Waals surface area contributed by atoms with E-state index in [2.05, 4.69) is 0 Å². The van der Waals surface area contributed by atoms with Gasteiger partial charge in [-0.25, -0.2) is 8.78 Å². The molecule has 0 amide bonds. The highest BCUT2D eigenvalue weighted by atomic mass is 19.3. The number of rotatable bonds is 4. The average molecular weight is 220 g/mol. The van der Waals surface area contributed by atoms with Gasteiger partial charge in [0.2, 0.25) is 0 Å². The monoisotopic (exact) mass is 220 g/mol. The molecule has 0 radical (unpaired) electrons. The third-order valence-corrected chi connectivity index (χ3v) is 2.26. The first-order valence-electron chi connectivity index (χ1n) is 4.82. The maximum atomic E-state index is 12.4. The summed E-state index contributed by atoms with van der Waals surface area (Å²) in [4.78, 5) is 0. The Balaban J connectivity index is 3.01. The second-order valence-corrected chi connectivity index (χ2v) is 3.32. The first-order chi connectivity index (χ1) is 7.69. The molecule has 0 aliphatic heterocycles. The van der Waals surface area contributed by atoms with Gasteiger partial charge in [0.25, 0.3) is 6.43 Å². The molecule has 4 heteroatoms. The lowest BCUT2D eigenvalue weighted by molar-refractivity contribution is 0.151. The molecule has 0 saturated heterocycles. The van der Waals surface area contributed by atoms with Gasteiger partial charge in [0.15, 0.2) is 0 Å². The van der Waals surface area contributed by atoms with Crippen molar-refractivity contribution in [3.8, 4) is 12.1 Å². The molecule has 0 aliphatic carbocycles. The Morgan fingerprint density at radius 2 is 1.88 bits per heavy atom. The number of alkyl halides is 2. The van der Waals surface area contributed by atoms with Crippen molar-refractivity contribution in [2.75, 3.05) is 0 Å². The van der Waals surface area contributed by atoms with Gasteiger partial charge in [0, 0.05) is 12.0 Å². The van der Waals surface area contributed by atoms with E-state index in [9.17, 15) is 8.78 Å². The van der Waals surface area contributed by atoms with E-state index in [0.29, 0.717) is 18.4 Å². The number of nitriles is 2. The van der Waals surface area contributed by atoms with Gasteiger partial charge in [-0.2, -0.15) is 10.5 Å². The molecule has 0 atom stereocenters. The van der Waals surface area contributed by atoms with Gasteiger partial charge >= 0.3 is 0 Å². The van der Waals surface area contributed by atoms with Gasteiger partial charge in [-0.1, -0.05) is 12.1 Å². The van der Waals surface area contributed by atoms with E-state index < -0.39 is 6.43 Å². The Kier molecular flexibility index (Phi) is 4.42. The largest absolute Gasteiger partial charge is 0.263 e. The second kappa shape index (κ2) is 5.82. The fraction of sp³-hybridized carbons (Fsp3) is 0.333. The SMILES string of the molecule is N#CCCc1ccc(C(F)F)cc1CC#N. The van der Waals surface area contributed by atoms with E-state index in [1.54, 1.807) is 6.07 Å². The van der Waals surface area contributed by atoms with E-state index in [0.717, 1.165) is 5.56 Å². The van der Waals surface area contributed by atoms with Crippen molar-refractivity contribution in [3.63, 3.8) is 0 Å². The normalized spacial score (nSPS) is 9.81. The molecule has 1 aromatic carbocycles. The van der Waals surface area contributed by atoms with Crippen LogP contribution in [0.5, 0.6) is 0 Å². The molecule has 0 N–H and O–H groups in total. The molecule has 1 aromatic rings. The summed E-state index contributed by atoms with van der Waals surface area (Å²) in [6, 6.07) is 8.20. The zero-order valence-corrected chi connectivity index (χ0v) is 8.58. The fourth-order valence-electron chi connectivity index (χ4n) is 1.47. The number of halogens is 2. The van der Waals surface area contributed by atoms with E-state index in [4.69, 9.17) is 10.5 Å². The third kappa shape index (κ3) is 3.03. The van der Waals surface area contributed by atoms with Crippen LogP contribution in [0.1, 0.15) is 29.5 Å². The standard InChI is InChI=1S/C12H10F2N2/c13-12(14)11-4-3-9(2-1-6-15)10(8-11)5-7-16/h3-4,8,12H,1-2,5H2. The molecular weight excluding hydrogens is 210 g/mol. The van der Waals surface area contributed by atoms with Crippen LogP contribution in [0.2, 0.25) is 0 Å². The van der Waals surface area contributed by atoms with Crippen molar-refractivity contribution in [2.24, 2.45) is 0 Å². The smallest absolute Gasteiger partial charge is 0.205 e. The van der Waals surface area contributed by atoms with Crippen molar-refractivity contribution in [2.45, 2.75) is 25.7 Å². The van der Waals surface area contributed by atoms with Crippen molar-refractivity contribution >= 4 is 0 Å². The molecule has 0 saturated carbocycles. The van der Waals surface area contributed by atoms with Crippen LogP contribution in [0.3, 0.4) is 0 Å². The quantitative estimate of drug-likeness (QED) is 0.782. The predicted molar refractivity (Wildman–Crippen MR) is 54.7 cm³/mol. The fourth-order valence-corrected chi connectivity index (χ4v) is 1.47. The van der Waals surface area contributed by atoms with E-state index in [1.807, 2.05) is 12.1 Å². The summed E-state index contributed by atoms with van der Waals surface area (Å²) in [6.07, 6.45) is -1.60. The van der Waals surface area contributed by atoms with Crippen molar-refractivity contribution in [3.05, 3.63) is 34.9 Å². The first kappa shape index (κ1) is 12.1. The third-order valence-electron chi connectivity index (χ3n) is 2.26. The van der Waals surface area contributed by atoms with E-state index in [-0.39, 0.29) is 12.0 Å². The van der Waals surface area contributed by atoms with Gasteiger partial charge < -0.3 is 0 Å². The molecule has 0 aromatic heterocycles. The van der Waals surface area contributed by atoms with Crippen LogP contribution in [0.15, 0.2) is 18.2 Å². The van der Waals surface area contributed by atoms with Gasteiger partial charge in [0.1, 0.15) is 0 Å². The minimum absolute atomic E-state index is 0.0778. The molecule has 1 rings (SSSR count). The summed E-state index contributed by atoms with van der Waals surface area (Å²) in [5, 5.41) is 17.1. The number of hydrogen-bond acceptors (Lipinski definition) is 2. The number of nitrogens with zero attached hydrogens (tertiary/aromatic N) is 2. The molecule has 0 fully saturated rings. The van der Waals surface area contributed by atoms with E-state index >= 15 is 0 Å². The molecule has 0 aliphatic rings. The number of aryl methyl sites for hydroxylation is 1. The van der Waals surface area contributed by atoms with Crippen LogP contribution in [0.25, 0.3) is 0 Å². The second-order valence-electron chi connectivity index (χ2n) is 3.32. The van der Waals surface area contributed by atoms with Crippen LogP contribution in [-0.2, 0) is 12.8 Å². The summed E-state index contributed by atoms with van der Waals surface area (Å²) in [6.45, 7) is 0. The van der Waals surface area contributed by atoms with Crippen molar-refractivity contribution < 1.29 is 8.78 Å². The zero-order chi connectivity index (χ0) is 12.0. The van der Waals surface area contributed by atoms with Crippen LogP contribution in [0.4, 0.5) is 8.78 Å². The van der Waals surface area contributed by atoms with Crippen LogP contribution in [0, 0.1) is 22.7 Å². The Morgan fingerprint density at radius 1 is 1.12 bits per heavy atom. The molecule has 0 unspecified atom stereocenters. The molecular formula is C12H10F2N2. The Labute approximate surface area is 92.7 Å². The maximum absolute atomic E-state index is 12.4. The van der Waals surface area contributed by atoms with Crippen molar-refractivity contribution in [1.82, 2.24) is 0 Å². The highest BCUT2D eigenvalue weighted by Gasteiger charge is 2.10. The van der Waals surface area contributed by atoms with Crippen molar-refractivity contribution in [1.29, 1.82) is 10.5 Å². The average Bonchev–Trinajstić information content (AvgIpc) is 2.27. The summed E-state index contributed by atoms with van der Waals surface area (Å²) in [5.41, 5.74) is 1.31. The predicted octanol–water partition coefficient (Wildman–Crippen LogP) is 3.15. The number of hydrogen-bond donors (Lipinski definition) is 0. The zero-order valence-electron chi connectivity index (χ0n) is 8.58. The highest BCUT2D eigenvalue weighted by Crippen LogP contribution is 2.22. The Hall–Kier alpha value is -1.94. The minimum atomic E-state index is -2.53. The van der Waals surface area contributed by atoms with Gasteiger partial charge in [-0.05, 0) is 23.6 Å². The van der Waals surface area contributed by atoms with Gasteiger partial charge in [-0.3, -0.25) is 0 Å². The molecule has 0 spiro atoms. The summed E-state index contributed by atoms with van der Waals surface area (Å²) >= 11 is 0. The summed E-state index contributed by atoms with van der Waals surface area (Å²) < 4.78 is 24.9. The van der Waals surface area contributed by atoms with Gasteiger partial charge in [-0.15, -0.1) is 0 Å². The van der Waals surface area contributed by atoms with E-state index in [1.165, 1.54) is 12.1 Å². The lowest BCUT2D eigenvalue weighted by Gasteiger charge is -2.07. The molecule has 0 heterocycles. The number of benzene rings is 1. The van der Waals surface area contributed by atoms with Crippen LogP contribution in [-0.4, -0.2) is 0 Å². The molecule has 16 heavy (non-hydrogen) atoms. The minimum Gasteiger partial charge on any atom is -0.205 e. The van der Waals surface area contributed by atoms with Gasteiger partial charge in [0.05, 0.1) is 18.6 Å². The van der Waals surface area contributed by atoms with Crippen LogP contribution < -0.4 is 0 Å². The summed E-state index contributed by atoms with van der Waals surface area (Å²) in [5.74, 6) is 0. The maximum Gasteiger partial charge on any atom is 0.263 e.